The molecule has 3 rings (SSSR count). The zero-order valence-corrected chi connectivity index (χ0v) is 17.7. The standard InChI is InChI=1S/C20H21N3O3S2/c1-12-5-8-15(9-6-12)27-13(2)18(24)21-20-23-22-19(28-20)16-10-7-14(25-3)11-17(16)26-4/h5-11,13H,1-4H3,(H,21,23,24)/t13-/m0/s1. The third-order valence-corrected chi connectivity index (χ3v) is 5.98. The van der Waals surface area contributed by atoms with Crippen molar-refractivity contribution in [3.8, 4) is 22.1 Å². The fraction of sp³-hybridized carbons (Fsp3) is 0.250. The van der Waals surface area contributed by atoms with Crippen molar-refractivity contribution in [2.45, 2.75) is 24.0 Å². The number of methoxy groups -OCH3 is 2. The van der Waals surface area contributed by atoms with Crippen molar-refractivity contribution in [3.63, 3.8) is 0 Å². The van der Waals surface area contributed by atoms with Crippen LogP contribution in [-0.4, -0.2) is 35.6 Å². The lowest BCUT2D eigenvalue weighted by Gasteiger charge is -2.10. The lowest BCUT2D eigenvalue weighted by molar-refractivity contribution is -0.115. The first kappa shape index (κ1) is 20.2. The number of benzene rings is 2. The molecule has 0 bridgehead atoms. The number of hydrogen-bond donors (Lipinski definition) is 1. The summed E-state index contributed by atoms with van der Waals surface area (Å²) in [6.45, 7) is 3.91. The number of amides is 1. The molecule has 3 aromatic rings. The van der Waals surface area contributed by atoms with E-state index in [9.17, 15) is 4.79 Å². The van der Waals surface area contributed by atoms with E-state index in [-0.39, 0.29) is 11.2 Å². The van der Waals surface area contributed by atoms with Crippen LogP contribution in [0, 0.1) is 6.92 Å². The molecule has 1 N–H and O–H groups in total. The SMILES string of the molecule is COc1ccc(-c2nnc(NC(=O)[C@H](C)Sc3ccc(C)cc3)s2)c(OC)c1. The maximum atomic E-state index is 12.5. The minimum Gasteiger partial charge on any atom is -0.497 e. The van der Waals surface area contributed by atoms with Crippen LogP contribution < -0.4 is 14.8 Å². The van der Waals surface area contributed by atoms with E-state index in [0.717, 1.165) is 10.5 Å². The van der Waals surface area contributed by atoms with Crippen LogP contribution in [0.3, 0.4) is 0 Å². The quantitative estimate of drug-likeness (QED) is 0.566. The highest BCUT2D eigenvalue weighted by molar-refractivity contribution is 8.00. The van der Waals surface area contributed by atoms with Crippen LogP contribution in [0.15, 0.2) is 47.4 Å². The van der Waals surface area contributed by atoms with E-state index >= 15 is 0 Å². The fourth-order valence-electron chi connectivity index (χ4n) is 2.44. The Balaban J connectivity index is 1.68. The molecular weight excluding hydrogens is 394 g/mol. The highest BCUT2D eigenvalue weighted by Gasteiger charge is 2.18. The number of carbonyl (C=O) groups is 1. The van der Waals surface area contributed by atoms with E-state index in [1.54, 1.807) is 20.3 Å². The summed E-state index contributed by atoms with van der Waals surface area (Å²) in [7, 11) is 3.19. The Morgan fingerprint density at radius 3 is 2.54 bits per heavy atom. The number of nitrogens with one attached hydrogen (secondary N) is 1. The number of hydrogen-bond acceptors (Lipinski definition) is 7. The summed E-state index contributed by atoms with van der Waals surface area (Å²) in [5.41, 5.74) is 1.99. The van der Waals surface area contributed by atoms with Gasteiger partial charge in [0.2, 0.25) is 11.0 Å². The molecule has 0 radical (unpaired) electrons. The van der Waals surface area contributed by atoms with Crippen LogP contribution in [-0.2, 0) is 4.79 Å². The van der Waals surface area contributed by atoms with Gasteiger partial charge < -0.3 is 9.47 Å². The lowest BCUT2D eigenvalue weighted by Crippen LogP contribution is -2.22. The van der Waals surface area contributed by atoms with Crippen LogP contribution in [0.5, 0.6) is 11.5 Å². The Hall–Kier alpha value is -2.58. The molecule has 0 saturated carbocycles. The second-order valence-corrected chi connectivity index (χ2v) is 8.43. The van der Waals surface area contributed by atoms with Crippen LogP contribution in [0.1, 0.15) is 12.5 Å². The molecular formula is C20H21N3O3S2. The number of rotatable bonds is 7. The minimum absolute atomic E-state index is 0.116. The molecule has 0 fully saturated rings. The Morgan fingerprint density at radius 1 is 1.11 bits per heavy atom. The zero-order chi connectivity index (χ0) is 20.1. The van der Waals surface area contributed by atoms with Gasteiger partial charge in [-0.05, 0) is 38.1 Å². The second kappa shape index (κ2) is 9.07. The van der Waals surface area contributed by atoms with Gasteiger partial charge in [-0.15, -0.1) is 22.0 Å². The van der Waals surface area contributed by atoms with Gasteiger partial charge in [-0.25, -0.2) is 0 Å². The molecule has 28 heavy (non-hydrogen) atoms. The highest BCUT2D eigenvalue weighted by atomic mass is 32.2. The zero-order valence-electron chi connectivity index (χ0n) is 16.1. The number of carbonyl (C=O) groups excluding carboxylic acids is 1. The maximum absolute atomic E-state index is 12.5. The van der Waals surface area contributed by atoms with Crippen molar-refractivity contribution in [1.82, 2.24) is 10.2 Å². The number of nitrogens with zero attached hydrogens (tertiary/aromatic N) is 2. The van der Waals surface area contributed by atoms with E-state index in [4.69, 9.17) is 9.47 Å². The topological polar surface area (TPSA) is 73.3 Å². The largest absolute Gasteiger partial charge is 0.497 e. The molecule has 8 heteroatoms. The molecule has 0 unspecified atom stereocenters. The average molecular weight is 416 g/mol. The molecule has 1 amide bonds. The average Bonchev–Trinajstić information content (AvgIpc) is 3.17. The number of ether oxygens (including phenoxy) is 2. The summed E-state index contributed by atoms with van der Waals surface area (Å²) in [4.78, 5) is 13.6. The monoisotopic (exact) mass is 415 g/mol. The van der Waals surface area contributed by atoms with Gasteiger partial charge in [-0.2, -0.15) is 0 Å². The number of aromatic nitrogens is 2. The van der Waals surface area contributed by atoms with Crippen LogP contribution in [0.25, 0.3) is 10.6 Å². The van der Waals surface area contributed by atoms with E-state index in [1.165, 1.54) is 28.7 Å². The number of aryl methyl sites for hydroxylation is 1. The first-order valence-corrected chi connectivity index (χ1v) is 10.3. The Bertz CT molecular complexity index is 958. The Labute approximate surface area is 172 Å². The van der Waals surface area contributed by atoms with E-state index < -0.39 is 0 Å². The van der Waals surface area contributed by atoms with Gasteiger partial charge in [0, 0.05) is 11.0 Å². The van der Waals surface area contributed by atoms with Crippen molar-refractivity contribution in [2.24, 2.45) is 0 Å². The van der Waals surface area contributed by atoms with E-state index in [2.05, 4.69) is 15.5 Å². The predicted molar refractivity (Wildman–Crippen MR) is 114 cm³/mol. The summed E-state index contributed by atoms with van der Waals surface area (Å²) in [5.74, 6) is 1.22. The van der Waals surface area contributed by atoms with Crippen molar-refractivity contribution in [1.29, 1.82) is 0 Å². The summed E-state index contributed by atoms with van der Waals surface area (Å²) in [5, 5.41) is 12.0. The molecule has 2 aromatic carbocycles. The minimum atomic E-state index is -0.259. The molecule has 1 atom stereocenters. The molecule has 1 heterocycles. The van der Waals surface area contributed by atoms with Crippen LogP contribution in [0.2, 0.25) is 0 Å². The third-order valence-electron chi connectivity index (χ3n) is 4.00. The summed E-state index contributed by atoms with van der Waals surface area (Å²) in [6.07, 6.45) is 0. The molecule has 6 nitrogen and oxygen atoms in total. The van der Waals surface area contributed by atoms with Crippen molar-refractivity contribution >= 4 is 34.1 Å². The summed E-state index contributed by atoms with van der Waals surface area (Å²) >= 11 is 2.80. The molecule has 146 valence electrons. The van der Waals surface area contributed by atoms with Crippen LogP contribution in [0.4, 0.5) is 5.13 Å². The van der Waals surface area contributed by atoms with Gasteiger partial charge in [0.15, 0.2) is 5.01 Å². The van der Waals surface area contributed by atoms with E-state index in [0.29, 0.717) is 21.6 Å². The van der Waals surface area contributed by atoms with Gasteiger partial charge in [-0.3, -0.25) is 10.1 Å². The van der Waals surface area contributed by atoms with Gasteiger partial charge in [0.05, 0.1) is 25.0 Å². The highest BCUT2D eigenvalue weighted by Crippen LogP contribution is 2.36. The molecule has 0 spiro atoms. The number of thioether (sulfide) groups is 1. The molecule has 0 aliphatic carbocycles. The molecule has 0 aliphatic rings. The third kappa shape index (κ3) is 4.82. The van der Waals surface area contributed by atoms with Gasteiger partial charge in [0.1, 0.15) is 11.5 Å². The van der Waals surface area contributed by atoms with Crippen LogP contribution >= 0.6 is 23.1 Å². The van der Waals surface area contributed by atoms with Crippen molar-refractivity contribution in [2.75, 3.05) is 19.5 Å². The van der Waals surface area contributed by atoms with E-state index in [1.807, 2.05) is 50.2 Å². The Kier molecular flexibility index (Phi) is 6.53. The van der Waals surface area contributed by atoms with Crippen molar-refractivity contribution < 1.29 is 14.3 Å². The van der Waals surface area contributed by atoms with Gasteiger partial charge in [-0.1, -0.05) is 29.0 Å². The maximum Gasteiger partial charge on any atom is 0.239 e. The lowest BCUT2D eigenvalue weighted by atomic mass is 10.2. The molecule has 0 saturated heterocycles. The van der Waals surface area contributed by atoms with Gasteiger partial charge >= 0.3 is 0 Å². The van der Waals surface area contributed by atoms with Crippen molar-refractivity contribution in [3.05, 3.63) is 48.0 Å². The smallest absolute Gasteiger partial charge is 0.239 e. The second-order valence-electron chi connectivity index (χ2n) is 6.04. The predicted octanol–water partition coefficient (Wildman–Crippen LogP) is 4.65. The molecule has 1 aromatic heterocycles. The molecule has 0 aliphatic heterocycles. The first-order chi connectivity index (χ1) is 13.5. The summed E-state index contributed by atoms with van der Waals surface area (Å²) in [6, 6.07) is 13.6. The summed E-state index contributed by atoms with van der Waals surface area (Å²) < 4.78 is 10.6. The normalized spacial score (nSPS) is 11.7. The first-order valence-electron chi connectivity index (χ1n) is 8.60. The Morgan fingerprint density at radius 2 is 1.86 bits per heavy atom. The number of anilines is 1. The van der Waals surface area contributed by atoms with Gasteiger partial charge in [0.25, 0.3) is 0 Å². The fourth-order valence-corrected chi connectivity index (χ4v) is 4.08.